The van der Waals surface area contributed by atoms with E-state index in [-0.39, 0.29) is 11.7 Å². The third-order valence-electron chi connectivity index (χ3n) is 3.26. The summed E-state index contributed by atoms with van der Waals surface area (Å²) in [6, 6.07) is 4.57. The lowest BCUT2D eigenvalue weighted by Crippen LogP contribution is -2.29. The van der Waals surface area contributed by atoms with Crippen molar-refractivity contribution >= 4 is 11.8 Å². The third-order valence-corrected chi connectivity index (χ3v) is 4.43. The molecule has 5 nitrogen and oxygen atoms in total. The van der Waals surface area contributed by atoms with Crippen LogP contribution in [0.5, 0.6) is 5.75 Å². The number of ether oxygens (including phenoxy) is 1. The zero-order valence-electron chi connectivity index (χ0n) is 11.0. The SMILES string of the molecule is O=c1[nH]cc(SCC2COc3cc(F)ccc3C2)[nH]c1=O. The summed E-state index contributed by atoms with van der Waals surface area (Å²) in [7, 11) is 0. The van der Waals surface area contributed by atoms with Gasteiger partial charge in [0.2, 0.25) is 0 Å². The molecule has 1 aliphatic rings. The number of hydrogen-bond donors (Lipinski definition) is 2. The highest BCUT2D eigenvalue weighted by molar-refractivity contribution is 7.99. The van der Waals surface area contributed by atoms with Crippen LogP contribution in [0.2, 0.25) is 0 Å². The molecule has 1 aromatic carbocycles. The monoisotopic (exact) mass is 308 g/mol. The largest absolute Gasteiger partial charge is 0.493 e. The van der Waals surface area contributed by atoms with Crippen LogP contribution in [0, 0.1) is 11.7 Å². The third kappa shape index (κ3) is 3.18. The molecule has 2 heterocycles. The highest BCUT2D eigenvalue weighted by Crippen LogP contribution is 2.30. The maximum atomic E-state index is 13.1. The summed E-state index contributed by atoms with van der Waals surface area (Å²) in [6.07, 6.45) is 2.29. The predicted molar refractivity (Wildman–Crippen MR) is 77.5 cm³/mol. The first-order valence-corrected chi connectivity index (χ1v) is 7.46. The van der Waals surface area contributed by atoms with E-state index in [0.29, 0.717) is 17.4 Å². The molecule has 1 atom stereocenters. The molecule has 21 heavy (non-hydrogen) atoms. The van der Waals surface area contributed by atoms with Gasteiger partial charge in [0.05, 0.1) is 11.6 Å². The number of nitrogens with one attached hydrogen (secondary N) is 2. The molecule has 2 N–H and O–H groups in total. The molecule has 1 unspecified atom stereocenters. The highest BCUT2D eigenvalue weighted by atomic mass is 32.2. The summed E-state index contributed by atoms with van der Waals surface area (Å²) >= 11 is 1.45. The Kier molecular flexibility index (Phi) is 3.83. The number of fused-ring (bicyclic) bond motifs is 1. The van der Waals surface area contributed by atoms with Crippen LogP contribution < -0.4 is 15.9 Å². The number of hydrogen-bond acceptors (Lipinski definition) is 4. The smallest absolute Gasteiger partial charge is 0.314 e. The standard InChI is InChI=1S/C14H13FN2O3S/c15-10-2-1-9-3-8(6-20-11(9)4-10)7-21-12-5-16-13(18)14(19)17-12/h1-2,4-5,8H,3,6-7H2,(H,16,18)(H,17,19). The molecule has 0 spiro atoms. The van der Waals surface area contributed by atoms with Gasteiger partial charge in [-0.15, -0.1) is 11.8 Å². The number of halogens is 1. The van der Waals surface area contributed by atoms with Gasteiger partial charge < -0.3 is 14.7 Å². The second-order valence-corrected chi connectivity index (χ2v) is 5.94. The van der Waals surface area contributed by atoms with E-state index in [1.165, 1.54) is 30.1 Å². The Morgan fingerprint density at radius 3 is 3.00 bits per heavy atom. The number of aromatic nitrogens is 2. The van der Waals surface area contributed by atoms with Crippen molar-refractivity contribution in [2.75, 3.05) is 12.4 Å². The number of benzene rings is 1. The van der Waals surface area contributed by atoms with E-state index < -0.39 is 11.1 Å². The van der Waals surface area contributed by atoms with E-state index in [4.69, 9.17) is 4.74 Å². The van der Waals surface area contributed by atoms with E-state index in [1.54, 1.807) is 6.07 Å². The fourth-order valence-corrected chi connectivity index (χ4v) is 3.14. The number of rotatable bonds is 3. The topological polar surface area (TPSA) is 75.0 Å². The van der Waals surface area contributed by atoms with Gasteiger partial charge in [0.15, 0.2) is 0 Å². The Balaban J connectivity index is 1.64. The van der Waals surface area contributed by atoms with Crippen molar-refractivity contribution in [1.29, 1.82) is 0 Å². The Labute approximate surface area is 123 Å². The first kappa shape index (κ1) is 13.9. The molecule has 0 saturated carbocycles. The summed E-state index contributed by atoms with van der Waals surface area (Å²) in [4.78, 5) is 27.1. The van der Waals surface area contributed by atoms with Crippen molar-refractivity contribution in [3.05, 3.63) is 56.5 Å². The molecule has 3 rings (SSSR count). The van der Waals surface area contributed by atoms with Crippen molar-refractivity contribution in [2.45, 2.75) is 11.4 Å². The first-order chi connectivity index (χ1) is 10.1. The minimum Gasteiger partial charge on any atom is -0.493 e. The van der Waals surface area contributed by atoms with Crippen LogP contribution in [-0.2, 0) is 6.42 Å². The molecule has 0 aliphatic carbocycles. The van der Waals surface area contributed by atoms with Crippen LogP contribution >= 0.6 is 11.8 Å². The lowest BCUT2D eigenvalue weighted by atomic mass is 9.98. The van der Waals surface area contributed by atoms with E-state index in [0.717, 1.165) is 17.7 Å². The minimum absolute atomic E-state index is 0.267. The maximum absolute atomic E-state index is 13.1. The van der Waals surface area contributed by atoms with Gasteiger partial charge in [0.1, 0.15) is 11.6 Å². The molecular formula is C14H13FN2O3S. The van der Waals surface area contributed by atoms with E-state index in [1.807, 2.05) is 0 Å². The quantitative estimate of drug-likeness (QED) is 0.666. The lowest BCUT2D eigenvalue weighted by molar-refractivity contribution is 0.235. The molecular weight excluding hydrogens is 295 g/mol. The van der Waals surface area contributed by atoms with Gasteiger partial charge in [0, 0.05) is 23.9 Å². The van der Waals surface area contributed by atoms with Gasteiger partial charge in [-0.1, -0.05) is 6.07 Å². The summed E-state index contributed by atoms with van der Waals surface area (Å²) < 4.78 is 18.6. The molecule has 1 aromatic heterocycles. The Bertz CT molecular complexity index is 771. The van der Waals surface area contributed by atoms with Crippen molar-refractivity contribution in [2.24, 2.45) is 5.92 Å². The van der Waals surface area contributed by atoms with Crippen molar-refractivity contribution in [3.63, 3.8) is 0 Å². The van der Waals surface area contributed by atoms with E-state index in [9.17, 15) is 14.0 Å². The number of aromatic amines is 2. The maximum Gasteiger partial charge on any atom is 0.314 e. The molecule has 110 valence electrons. The first-order valence-electron chi connectivity index (χ1n) is 6.48. The fraction of sp³-hybridized carbons (Fsp3) is 0.286. The molecule has 0 radical (unpaired) electrons. The molecule has 7 heteroatoms. The molecule has 0 fully saturated rings. The summed E-state index contributed by atoms with van der Waals surface area (Å²) in [6.45, 7) is 0.511. The fourth-order valence-electron chi connectivity index (χ4n) is 2.20. The van der Waals surface area contributed by atoms with Crippen LogP contribution in [0.4, 0.5) is 4.39 Å². The van der Waals surface area contributed by atoms with Gasteiger partial charge in [-0.3, -0.25) is 9.59 Å². The molecule has 0 bridgehead atoms. The Morgan fingerprint density at radius 2 is 2.19 bits per heavy atom. The normalized spacial score (nSPS) is 17.1. The molecule has 0 amide bonds. The van der Waals surface area contributed by atoms with Crippen LogP contribution in [-0.4, -0.2) is 22.3 Å². The zero-order chi connectivity index (χ0) is 14.8. The Hall–Kier alpha value is -2.02. The van der Waals surface area contributed by atoms with Crippen LogP contribution in [0.15, 0.2) is 39.0 Å². The molecule has 1 aliphatic heterocycles. The van der Waals surface area contributed by atoms with Gasteiger partial charge in [-0.2, -0.15) is 0 Å². The van der Waals surface area contributed by atoms with Crippen LogP contribution in [0.25, 0.3) is 0 Å². The second-order valence-electron chi connectivity index (χ2n) is 4.88. The minimum atomic E-state index is -0.656. The van der Waals surface area contributed by atoms with Crippen LogP contribution in [0.1, 0.15) is 5.56 Å². The highest BCUT2D eigenvalue weighted by Gasteiger charge is 2.20. The van der Waals surface area contributed by atoms with Gasteiger partial charge >= 0.3 is 11.1 Å². The average Bonchev–Trinajstić information content (AvgIpc) is 2.48. The van der Waals surface area contributed by atoms with E-state index >= 15 is 0 Å². The zero-order valence-corrected chi connectivity index (χ0v) is 11.8. The molecule has 0 saturated heterocycles. The van der Waals surface area contributed by atoms with Gasteiger partial charge in [-0.05, 0) is 18.1 Å². The summed E-state index contributed by atoms with van der Waals surface area (Å²) in [5.41, 5.74) is -0.319. The van der Waals surface area contributed by atoms with Crippen molar-refractivity contribution in [1.82, 2.24) is 9.97 Å². The van der Waals surface area contributed by atoms with E-state index in [2.05, 4.69) is 9.97 Å². The van der Waals surface area contributed by atoms with Gasteiger partial charge in [0.25, 0.3) is 0 Å². The average molecular weight is 308 g/mol. The predicted octanol–water partition coefficient (Wildman–Crippen LogP) is 1.55. The lowest BCUT2D eigenvalue weighted by Gasteiger charge is -2.24. The van der Waals surface area contributed by atoms with Gasteiger partial charge in [-0.25, -0.2) is 4.39 Å². The second kappa shape index (κ2) is 5.77. The Morgan fingerprint density at radius 1 is 1.33 bits per heavy atom. The molecule has 2 aromatic rings. The number of H-pyrrole nitrogens is 2. The number of thioether (sulfide) groups is 1. The summed E-state index contributed by atoms with van der Waals surface area (Å²) in [5.74, 6) is 1.31. The van der Waals surface area contributed by atoms with Crippen molar-refractivity contribution < 1.29 is 9.13 Å². The van der Waals surface area contributed by atoms with Crippen LogP contribution in [0.3, 0.4) is 0 Å². The van der Waals surface area contributed by atoms with Crippen molar-refractivity contribution in [3.8, 4) is 5.75 Å². The summed E-state index contributed by atoms with van der Waals surface area (Å²) in [5, 5.41) is 0.615.